The van der Waals surface area contributed by atoms with Crippen LogP contribution in [0.25, 0.3) is 0 Å². The second-order valence-electron chi connectivity index (χ2n) is 5.35. The molecule has 1 heterocycles. The van der Waals surface area contributed by atoms with Gasteiger partial charge in [-0.1, -0.05) is 20.8 Å². The van der Waals surface area contributed by atoms with E-state index in [1.165, 1.54) is 12.8 Å². The maximum Gasteiger partial charge on any atom is 0.147 e. The smallest absolute Gasteiger partial charge is 0.147 e. The molecule has 0 saturated heterocycles. The van der Waals surface area contributed by atoms with Crippen molar-refractivity contribution in [1.82, 2.24) is 9.97 Å². The number of nitrogens with zero attached hydrogens (tertiary/aromatic N) is 2. The Morgan fingerprint density at radius 3 is 2.44 bits per heavy atom. The van der Waals surface area contributed by atoms with Crippen molar-refractivity contribution in [3.8, 4) is 0 Å². The summed E-state index contributed by atoms with van der Waals surface area (Å²) in [6.07, 6.45) is 2.41. The Balaban J connectivity index is 2.29. The van der Waals surface area contributed by atoms with E-state index >= 15 is 0 Å². The molecule has 0 radical (unpaired) electrons. The fourth-order valence-corrected chi connectivity index (χ4v) is 2.65. The van der Waals surface area contributed by atoms with Crippen LogP contribution in [0, 0.1) is 12.8 Å². The molecule has 0 spiro atoms. The normalized spacial score (nSPS) is 17.0. The second-order valence-corrected chi connectivity index (χ2v) is 6.71. The number of anilines is 1. The van der Waals surface area contributed by atoms with E-state index < -0.39 is 0 Å². The average molecular weight is 266 g/mol. The highest BCUT2D eigenvalue weighted by atomic mass is 32.2. The van der Waals surface area contributed by atoms with Crippen molar-refractivity contribution in [1.29, 1.82) is 0 Å². The second kappa shape index (κ2) is 5.45. The molecule has 1 aromatic rings. The van der Waals surface area contributed by atoms with Gasteiger partial charge in [0.25, 0.3) is 0 Å². The first kappa shape index (κ1) is 13.6. The lowest BCUT2D eigenvalue weighted by molar-refractivity contribution is 0.641. The number of hydrazine groups is 1. The van der Waals surface area contributed by atoms with Gasteiger partial charge in [-0.3, -0.25) is 0 Å². The van der Waals surface area contributed by atoms with E-state index in [0.717, 1.165) is 22.2 Å². The van der Waals surface area contributed by atoms with Gasteiger partial charge < -0.3 is 5.43 Å². The molecule has 1 saturated carbocycles. The molecule has 1 aliphatic carbocycles. The maximum absolute atomic E-state index is 5.55. The first-order chi connectivity index (χ1) is 8.52. The van der Waals surface area contributed by atoms with Crippen molar-refractivity contribution in [2.75, 3.05) is 5.43 Å². The molecule has 2 rings (SSSR count). The standard InChI is InChI=1S/C13H22N4S/c1-7(2)9(4)18-13-8(3)11(17-14)15-12(16-13)10-5-6-10/h7,9-10H,5-6,14H2,1-4H3,(H,15,16,17). The van der Waals surface area contributed by atoms with Crippen molar-refractivity contribution in [3.05, 3.63) is 11.4 Å². The van der Waals surface area contributed by atoms with Gasteiger partial charge in [0, 0.05) is 16.7 Å². The molecule has 1 atom stereocenters. The summed E-state index contributed by atoms with van der Waals surface area (Å²) in [5, 5.41) is 1.61. The molecular weight excluding hydrogens is 244 g/mol. The van der Waals surface area contributed by atoms with E-state index in [9.17, 15) is 0 Å². The van der Waals surface area contributed by atoms with Crippen molar-refractivity contribution in [2.45, 2.75) is 56.7 Å². The molecule has 5 heteroatoms. The Bertz CT molecular complexity index is 429. The Hall–Kier alpha value is -0.810. The molecule has 3 N–H and O–H groups in total. The fourth-order valence-electron chi connectivity index (χ4n) is 1.60. The third kappa shape index (κ3) is 2.95. The summed E-state index contributed by atoms with van der Waals surface area (Å²) in [6, 6.07) is 0. The quantitative estimate of drug-likeness (QED) is 0.371. The molecule has 1 aromatic heterocycles. The molecule has 0 bridgehead atoms. The Kier molecular flexibility index (Phi) is 4.12. The monoisotopic (exact) mass is 266 g/mol. The number of aromatic nitrogens is 2. The lowest BCUT2D eigenvalue weighted by Gasteiger charge is -2.17. The molecule has 1 unspecified atom stereocenters. The largest absolute Gasteiger partial charge is 0.308 e. The highest BCUT2D eigenvalue weighted by molar-refractivity contribution is 7.99. The Labute approximate surface area is 113 Å². The Morgan fingerprint density at radius 2 is 1.94 bits per heavy atom. The predicted octanol–water partition coefficient (Wildman–Crippen LogP) is 3.08. The van der Waals surface area contributed by atoms with Crippen molar-refractivity contribution in [3.63, 3.8) is 0 Å². The van der Waals surface area contributed by atoms with Crippen molar-refractivity contribution in [2.24, 2.45) is 11.8 Å². The minimum Gasteiger partial charge on any atom is -0.308 e. The number of nitrogens with one attached hydrogen (secondary N) is 1. The van der Waals surface area contributed by atoms with E-state index in [4.69, 9.17) is 10.8 Å². The molecular formula is C13H22N4S. The summed E-state index contributed by atoms with van der Waals surface area (Å²) in [7, 11) is 0. The molecule has 0 amide bonds. The van der Waals surface area contributed by atoms with Gasteiger partial charge >= 0.3 is 0 Å². The van der Waals surface area contributed by atoms with Gasteiger partial charge in [-0.2, -0.15) is 0 Å². The van der Waals surface area contributed by atoms with Crippen LogP contribution in [0.5, 0.6) is 0 Å². The molecule has 4 nitrogen and oxygen atoms in total. The van der Waals surface area contributed by atoms with Crippen LogP contribution in [0.15, 0.2) is 5.03 Å². The molecule has 0 aromatic carbocycles. The SMILES string of the molecule is Cc1c(NN)nc(C2CC2)nc1SC(C)C(C)C. The topological polar surface area (TPSA) is 63.8 Å². The van der Waals surface area contributed by atoms with E-state index in [0.29, 0.717) is 17.1 Å². The summed E-state index contributed by atoms with van der Waals surface area (Å²) >= 11 is 1.82. The van der Waals surface area contributed by atoms with Gasteiger partial charge in [-0.05, 0) is 25.7 Å². The minimum atomic E-state index is 0.538. The third-order valence-electron chi connectivity index (χ3n) is 3.43. The number of hydrogen-bond acceptors (Lipinski definition) is 5. The molecule has 0 aliphatic heterocycles. The van der Waals surface area contributed by atoms with Gasteiger partial charge in [-0.15, -0.1) is 11.8 Å². The van der Waals surface area contributed by atoms with Gasteiger partial charge in [0.15, 0.2) is 0 Å². The highest BCUT2D eigenvalue weighted by Gasteiger charge is 2.28. The van der Waals surface area contributed by atoms with Crippen LogP contribution in [0.2, 0.25) is 0 Å². The van der Waals surface area contributed by atoms with Gasteiger partial charge in [0.05, 0.1) is 0 Å². The number of hydrogen-bond donors (Lipinski definition) is 2. The molecule has 1 fully saturated rings. The summed E-state index contributed by atoms with van der Waals surface area (Å²) in [5.41, 5.74) is 3.75. The first-order valence-electron chi connectivity index (χ1n) is 6.54. The van der Waals surface area contributed by atoms with E-state index in [-0.39, 0.29) is 0 Å². The van der Waals surface area contributed by atoms with Gasteiger partial charge in [0.2, 0.25) is 0 Å². The van der Waals surface area contributed by atoms with Gasteiger partial charge in [-0.25, -0.2) is 15.8 Å². The summed E-state index contributed by atoms with van der Waals surface area (Å²) < 4.78 is 0. The number of thioether (sulfide) groups is 1. The minimum absolute atomic E-state index is 0.538. The van der Waals surface area contributed by atoms with Gasteiger partial charge in [0.1, 0.15) is 16.7 Å². The van der Waals surface area contributed by atoms with E-state index in [2.05, 4.69) is 31.2 Å². The van der Waals surface area contributed by atoms with Crippen molar-refractivity contribution >= 4 is 17.6 Å². The van der Waals surface area contributed by atoms with Crippen LogP contribution in [0.1, 0.15) is 50.9 Å². The zero-order chi connectivity index (χ0) is 13.3. The van der Waals surface area contributed by atoms with Crippen LogP contribution in [-0.4, -0.2) is 15.2 Å². The van der Waals surface area contributed by atoms with Crippen LogP contribution in [-0.2, 0) is 0 Å². The summed E-state index contributed by atoms with van der Waals surface area (Å²) in [5.74, 6) is 8.45. The zero-order valence-corrected chi connectivity index (χ0v) is 12.3. The fraction of sp³-hybridized carbons (Fsp3) is 0.692. The lowest BCUT2D eigenvalue weighted by Crippen LogP contribution is -2.14. The van der Waals surface area contributed by atoms with E-state index in [1.807, 2.05) is 18.7 Å². The summed E-state index contributed by atoms with van der Waals surface area (Å²) in [4.78, 5) is 9.23. The number of nitrogens with two attached hydrogens (primary N) is 1. The Morgan fingerprint density at radius 1 is 1.28 bits per heavy atom. The third-order valence-corrected chi connectivity index (χ3v) is 4.97. The number of nitrogen functional groups attached to an aromatic ring is 1. The maximum atomic E-state index is 5.55. The molecule has 100 valence electrons. The van der Waals surface area contributed by atoms with Crippen LogP contribution >= 0.6 is 11.8 Å². The number of rotatable bonds is 5. The lowest BCUT2D eigenvalue weighted by atomic mass is 10.2. The van der Waals surface area contributed by atoms with Crippen LogP contribution in [0.4, 0.5) is 5.82 Å². The van der Waals surface area contributed by atoms with Crippen LogP contribution < -0.4 is 11.3 Å². The molecule has 1 aliphatic rings. The van der Waals surface area contributed by atoms with Crippen LogP contribution in [0.3, 0.4) is 0 Å². The average Bonchev–Trinajstić information content (AvgIpc) is 3.15. The molecule has 18 heavy (non-hydrogen) atoms. The highest BCUT2D eigenvalue weighted by Crippen LogP contribution is 2.40. The zero-order valence-electron chi connectivity index (χ0n) is 11.5. The van der Waals surface area contributed by atoms with Crippen molar-refractivity contribution < 1.29 is 0 Å². The predicted molar refractivity (Wildman–Crippen MR) is 76.7 cm³/mol. The first-order valence-corrected chi connectivity index (χ1v) is 7.42. The summed E-state index contributed by atoms with van der Waals surface area (Å²) in [6.45, 7) is 8.74. The van der Waals surface area contributed by atoms with E-state index in [1.54, 1.807) is 0 Å².